The lowest BCUT2D eigenvalue weighted by molar-refractivity contribution is 0.302. The van der Waals surface area contributed by atoms with Gasteiger partial charge in [0.25, 0.3) is 0 Å². The van der Waals surface area contributed by atoms with E-state index in [9.17, 15) is 0 Å². The van der Waals surface area contributed by atoms with Gasteiger partial charge in [-0.3, -0.25) is 0 Å². The monoisotopic (exact) mass is 206 g/mol. The molecule has 0 fully saturated rings. The van der Waals surface area contributed by atoms with Gasteiger partial charge >= 0.3 is 0 Å². The molecule has 1 heteroatoms. The molecule has 1 aromatic carbocycles. The molecule has 0 aromatic heterocycles. The topological polar surface area (TPSA) is 9.23 Å². The first kappa shape index (κ1) is 12.1. The Morgan fingerprint density at radius 2 is 1.87 bits per heavy atom. The Morgan fingerprint density at radius 3 is 2.53 bits per heavy atom. The number of benzene rings is 1. The van der Waals surface area contributed by atoms with Crippen LogP contribution in [0, 0.1) is 0 Å². The number of rotatable bonds is 6. The molecule has 1 nitrogen and oxygen atoms in total. The molecule has 0 bridgehead atoms. The second-order valence-electron chi connectivity index (χ2n) is 4.25. The van der Waals surface area contributed by atoms with Crippen LogP contribution in [0.15, 0.2) is 24.3 Å². The Balaban J connectivity index is 2.52. The van der Waals surface area contributed by atoms with Gasteiger partial charge in [0.1, 0.15) is 5.75 Å². The van der Waals surface area contributed by atoms with Gasteiger partial charge in [-0.25, -0.2) is 0 Å². The van der Waals surface area contributed by atoms with Gasteiger partial charge in [0.05, 0.1) is 6.61 Å². The summed E-state index contributed by atoms with van der Waals surface area (Å²) >= 11 is 0. The highest BCUT2D eigenvalue weighted by Crippen LogP contribution is 2.25. The van der Waals surface area contributed by atoms with Crippen LogP contribution in [0.4, 0.5) is 0 Å². The smallest absolute Gasteiger partial charge is 0.122 e. The number of hydrogen-bond acceptors (Lipinski definition) is 1. The van der Waals surface area contributed by atoms with E-state index in [0.29, 0.717) is 5.92 Å². The highest BCUT2D eigenvalue weighted by atomic mass is 16.5. The summed E-state index contributed by atoms with van der Waals surface area (Å²) in [4.78, 5) is 0. The van der Waals surface area contributed by atoms with Crippen molar-refractivity contribution < 1.29 is 4.74 Å². The van der Waals surface area contributed by atoms with E-state index < -0.39 is 0 Å². The molecular weight excluding hydrogens is 184 g/mol. The van der Waals surface area contributed by atoms with Crippen LogP contribution in [0.1, 0.15) is 51.5 Å². The molecule has 0 aliphatic rings. The quantitative estimate of drug-likeness (QED) is 0.628. The van der Waals surface area contributed by atoms with Gasteiger partial charge in [-0.1, -0.05) is 51.8 Å². The van der Waals surface area contributed by atoms with E-state index >= 15 is 0 Å². The molecule has 1 aromatic rings. The van der Waals surface area contributed by atoms with Crippen molar-refractivity contribution in [1.82, 2.24) is 0 Å². The number of hydrogen-bond donors (Lipinski definition) is 0. The van der Waals surface area contributed by atoms with Gasteiger partial charge in [0.2, 0.25) is 0 Å². The Hall–Kier alpha value is -0.980. The summed E-state index contributed by atoms with van der Waals surface area (Å²) < 4.78 is 5.80. The van der Waals surface area contributed by atoms with Crippen molar-refractivity contribution in [2.45, 2.75) is 46.0 Å². The van der Waals surface area contributed by atoms with Crippen molar-refractivity contribution in [1.29, 1.82) is 0 Å². The molecular formula is C14H22O. The molecule has 0 heterocycles. The van der Waals surface area contributed by atoms with Crippen LogP contribution in [0.5, 0.6) is 5.75 Å². The highest BCUT2D eigenvalue weighted by Gasteiger charge is 2.05. The minimum absolute atomic E-state index is 0.535. The Bertz CT molecular complexity index is 278. The van der Waals surface area contributed by atoms with E-state index in [4.69, 9.17) is 4.74 Å². The molecule has 0 aliphatic heterocycles. The van der Waals surface area contributed by atoms with Crippen LogP contribution in [-0.4, -0.2) is 6.61 Å². The van der Waals surface area contributed by atoms with Gasteiger partial charge in [-0.05, 0) is 24.0 Å². The average molecular weight is 206 g/mol. The summed E-state index contributed by atoms with van der Waals surface area (Å²) in [7, 11) is 0. The predicted octanol–water partition coefficient (Wildman–Crippen LogP) is 4.38. The first-order valence-electron chi connectivity index (χ1n) is 5.97. The summed E-state index contributed by atoms with van der Waals surface area (Å²) in [5.41, 5.74) is 1.31. The molecule has 0 spiro atoms. The van der Waals surface area contributed by atoms with Crippen LogP contribution in [-0.2, 0) is 0 Å². The molecule has 0 aliphatic carbocycles. The van der Waals surface area contributed by atoms with Gasteiger partial charge in [0.15, 0.2) is 0 Å². The minimum atomic E-state index is 0.535. The largest absolute Gasteiger partial charge is 0.493 e. The van der Waals surface area contributed by atoms with E-state index in [1.807, 2.05) is 6.07 Å². The molecule has 15 heavy (non-hydrogen) atoms. The highest BCUT2D eigenvalue weighted by molar-refractivity contribution is 5.35. The average Bonchev–Trinajstić information content (AvgIpc) is 2.25. The lowest BCUT2D eigenvalue weighted by Crippen LogP contribution is -2.00. The summed E-state index contributed by atoms with van der Waals surface area (Å²) in [6, 6.07) is 8.34. The summed E-state index contributed by atoms with van der Waals surface area (Å²) in [5, 5.41) is 0. The standard InChI is InChI=1S/C14H22O/c1-4-5-8-11-15-14-10-7-6-9-13(14)12(2)3/h6-7,9-10,12H,4-5,8,11H2,1-3H3. The maximum Gasteiger partial charge on any atom is 0.122 e. The zero-order valence-electron chi connectivity index (χ0n) is 10.1. The van der Waals surface area contributed by atoms with Crippen molar-refractivity contribution in [3.8, 4) is 5.75 Å². The Kier molecular flexibility index (Phi) is 5.23. The lowest BCUT2D eigenvalue weighted by atomic mass is 10.0. The summed E-state index contributed by atoms with van der Waals surface area (Å²) in [5.74, 6) is 1.59. The van der Waals surface area contributed by atoms with Crippen molar-refractivity contribution >= 4 is 0 Å². The SMILES string of the molecule is CCCCCOc1ccccc1C(C)C. The van der Waals surface area contributed by atoms with E-state index in [1.54, 1.807) is 0 Å². The van der Waals surface area contributed by atoms with Crippen LogP contribution < -0.4 is 4.74 Å². The second kappa shape index (κ2) is 6.49. The third kappa shape index (κ3) is 3.94. The predicted molar refractivity (Wildman–Crippen MR) is 65.6 cm³/mol. The molecule has 0 saturated carbocycles. The van der Waals surface area contributed by atoms with Crippen LogP contribution >= 0.6 is 0 Å². The van der Waals surface area contributed by atoms with Gasteiger partial charge in [0, 0.05) is 0 Å². The maximum absolute atomic E-state index is 5.80. The van der Waals surface area contributed by atoms with Crippen molar-refractivity contribution in [2.24, 2.45) is 0 Å². The molecule has 1 rings (SSSR count). The summed E-state index contributed by atoms with van der Waals surface area (Å²) in [6.45, 7) is 7.46. The first-order valence-corrected chi connectivity index (χ1v) is 5.97. The molecule has 0 unspecified atom stereocenters. The van der Waals surface area contributed by atoms with Gasteiger partial charge in [-0.2, -0.15) is 0 Å². The van der Waals surface area contributed by atoms with Crippen molar-refractivity contribution in [3.05, 3.63) is 29.8 Å². The van der Waals surface area contributed by atoms with E-state index in [0.717, 1.165) is 18.8 Å². The summed E-state index contributed by atoms with van der Waals surface area (Å²) in [6.07, 6.45) is 3.65. The fraction of sp³-hybridized carbons (Fsp3) is 0.571. The third-order valence-corrected chi connectivity index (χ3v) is 2.55. The number of unbranched alkanes of at least 4 members (excludes halogenated alkanes) is 2. The van der Waals surface area contributed by atoms with Crippen LogP contribution in [0.2, 0.25) is 0 Å². The number of ether oxygens (including phenoxy) is 1. The zero-order valence-corrected chi connectivity index (χ0v) is 10.1. The first-order chi connectivity index (χ1) is 7.25. The molecule has 0 radical (unpaired) electrons. The van der Waals surface area contributed by atoms with E-state index in [1.165, 1.54) is 18.4 Å². The normalized spacial score (nSPS) is 10.7. The zero-order chi connectivity index (χ0) is 11.1. The Labute approximate surface area is 93.5 Å². The van der Waals surface area contributed by atoms with Gasteiger partial charge in [-0.15, -0.1) is 0 Å². The molecule has 0 saturated heterocycles. The van der Waals surface area contributed by atoms with Crippen molar-refractivity contribution in [2.75, 3.05) is 6.61 Å². The minimum Gasteiger partial charge on any atom is -0.493 e. The lowest BCUT2D eigenvalue weighted by Gasteiger charge is -2.13. The van der Waals surface area contributed by atoms with Gasteiger partial charge < -0.3 is 4.74 Å². The maximum atomic E-state index is 5.80. The molecule has 0 atom stereocenters. The fourth-order valence-corrected chi connectivity index (χ4v) is 1.62. The van der Waals surface area contributed by atoms with E-state index in [2.05, 4.69) is 39.0 Å². The third-order valence-electron chi connectivity index (χ3n) is 2.55. The van der Waals surface area contributed by atoms with Crippen molar-refractivity contribution in [3.63, 3.8) is 0 Å². The molecule has 0 amide bonds. The van der Waals surface area contributed by atoms with Crippen LogP contribution in [0.25, 0.3) is 0 Å². The Morgan fingerprint density at radius 1 is 1.13 bits per heavy atom. The number of para-hydroxylation sites is 1. The van der Waals surface area contributed by atoms with Crippen LogP contribution in [0.3, 0.4) is 0 Å². The second-order valence-corrected chi connectivity index (χ2v) is 4.25. The fourth-order valence-electron chi connectivity index (χ4n) is 1.62. The molecule has 84 valence electrons. The molecule has 0 N–H and O–H groups in total. The van der Waals surface area contributed by atoms with E-state index in [-0.39, 0.29) is 0 Å².